The molecule has 2 aromatic carbocycles. The molecule has 5 nitrogen and oxygen atoms in total. The molecule has 0 unspecified atom stereocenters. The number of rotatable bonds is 5. The number of nitrogens with zero attached hydrogens (tertiary/aromatic N) is 3. The van der Waals surface area contributed by atoms with Gasteiger partial charge < -0.3 is 0 Å². The molecule has 0 N–H and O–H groups in total. The topological polar surface area (TPSA) is 47.4 Å². The first-order chi connectivity index (χ1) is 13.0. The van der Waals surface area contributed by atoms with Crippen molar-refractivity contribution in [3.63, 3.8) is 0 Å². The molecular weight excluding hydrogens is 359 g/mol. The summed E-state index contributed by atoms with van der Waals surface area (Å²) in [6.45, 7) is -2.56. The van der Waals surface area contributed by atoms with Crippen molar-refractivity contribution < 1.29 is 22.8 Å². The van der Waals surface area contributed by atoms with Crippen LogP contribution in [0.25, 0.3) is 11.1 Å². The molecule has 1 aromatic heterocycles. The second-order valence-corrected chi connectivity index (χ2v) is 6.06. The van der Waals surface area contributed by atoms with Crippen molar-refractivity contribution >= 4 is 5.91 Å². The largest absolute Gasteiger partial charge is 0.333 e. The zero-order valence-corrected chi connectivity index (χ0v) is 14.0. The normalized spacial score (nSPS) is 13.5. The van der Waals surface area contributed by atoms with Crippen LogP contribution in [-0.4, -0.2) is 20.8 Å². The predicted molar refractivity (Wildman–Crippen MR) is 90.0 cm³/mol. The van der Waals surface area contributed by atoms with Gasteiger partial charge in [-0.05, 0) is 41.0 Å². The van der Waals surface area contributed by atoms with Gasteiger partial charge in [-0.25, -0.2) is 14.1 Å². The van der Waals surface area contributed by atoms with E-state index in [1.807, 2.05) is 12.1 Å². The van der Waals surface area contributed by atoms with Gasteiger partial charge in [0.05, 0.1) is 12.2 Å². The maximum absolute atomic E-state index is 13.1. The fourth-order valence-electron chi connectivity index (χ4n) is 2.91. The number of hydrogen-bond donors (Lipinski definition) is 0. The van der Waals surface area contributed by atoms with E-state index in [0.29, 0.717) is 15.9 Å². The van der Waals surface area contributed by atoms with Gasteiger partial charge in [0.2, 0.25) is 0 Å². The minimum absolute atomic E-state index is 0.0930. The number of fused-ring (bicyclic) bond motifs is 1. The smallest absolute Gasteiger partial charge is 0.267 e. The average Bonchev–Trinajstić information content (AvgIpc) is 3.26. The Morgan fingerprint density at radius 3 is 2.52 bits per heavy atom. The number of carbonyl (C=O) groups excluding carboxylic acids is 1. The lowest BCUT2D eigenvalue weighted by Crippen LogP contribution is -2.24. The summed E-state index contributed by atoms with van der Waals surface area (Å²) >= 11 is 0. The molecule has 3 aromatic rings. The van der Waals surface area contributed by atoms with Crippen LogP contribution in [0.15, 0.2) is 54.7 Å². The van der Waals surface area contributed by atoms with Crippen LogP contribution in [-0.2, 0) is 18.0 Å². The van der Waals surface area contributed by atoms with E-state index in [2.05, 4.69) is 5.10 Å². The van der Waals surface area contributed by atoms with Crippen molar-refractivity contribution in [2.75, 3.05) is 0 Å². The predicted octanol–water partition coefficient (Wildman–Crippen LogP) is 4.17. The van der Waals surface area contributed by atoms with E-state index in [9.17, 15) is 18.0 Å². The molecule has 1 amide bonds. The minimum Gasteiger partial charge on any atom is -0.267 e. The zero-order chi connectivity index (χ0) is 19.0. The second-order valence-electron chi connectivity index (χ2n) is 6.06. The van der Waals surface area contributed by atoms with E-state index >= 15 is 0 Å². The highest BCUT2D eigenvalue weighted by Crippen LogP contribution is 2.29. The summed E-state index contributed by atoms with van der Waals surface area (Å²) in [5, 5.41) is 4.86. The lowest BCUT2D eigenvalue weighted by atomic mass is 10.0. The molecule has 0 aliphatic carbocycles. The summed E-state index contributed by atoms with van der Waals surface area (Å²) in [6, 6.07) is 12.8. The number of amides is 1. The Bertz CT molecular complexity index is 986. The van der Waals surface area contributed by atoms with Crippen LogP contribution in [0.4, 0.5) is 13.2 Å². The van der Waals surface area contributed by atoms with E-state index in [-0.39, 0.29) is 24.9 Å². The molecule has 0 saturated heterocycles. The van der Waals surface area contributed by atoms with Crippen LogP contribution in [0.2, 0.25) is 0 Å². The lowest BCUT2D eigenvalue weighted by molar-refractivity contribution is -0.136. The van der Waals surface area contributed by atoms with Crippen molar-refractivity contribution in [1.29, 1.82) is 0 Å². The van der Waals surface area contributed by atoms with E-state index in [4.69, 9.17) is 4.84 Å². The third-order valence-electron chi connectivity index (χ3n) is 4.29. The molecule has 0 spiro atoms. The summed E-state index contributed by atoms with van der Waals surface area (Å²) in [5.41, 5.74) is 3.17. The highest BCUT2D eigenvalue weighted by molar-refractivity contribution is 5.98. The molecule has 0 fully saturated rings. The third kappa shape index (κ3) is 3.43. The van der Waals surface area contributed by atoms with Crippen molar-refractivity contribution in [3.8, 4) is 11.1 Å². The van der Waals surface area contributed by atoms with Gasteiger partial charge >= 0.3 is 6.55 Å². The number of hydrogen-bond acceptors (Lipinski definition) is 3. The Balaban J connectivity index is 1.47. The summed E-state index contributed by atoms with van der Waals surface area (Å²) in [6.07, 6.45) is 1.15. The summed E-state index contributed by atoms with van der Waals surface area (Å²) in [7, 11) is 0. The maximum atomic E-state index is 13.1. The average molecular weight is 373 g/mol. The molecule has 2 heterocycles. The van der Waals surface area contributed by atoms with E-state index < -0.39 is 6.55 Å². The number of hydroxylamine groups is 2. The van der Waals surface area contributed by atoms with Gasteiger partial charge in [-0.1, -0.05) is 24.3 Å². The molecule has 138 valence electrons. The van der Waals surface area contributed by atoms with Gasteiger partial charge in [0.25, 0.3) is 5.91 Å². The fraction of sp³-hybridized carbons (Fsp3) is 0.158. The Kier molecular flexibility index (Phi) is 4.41. The first-order valence-corrected chi connectivity index (χ1v) is 8.17. The van der Waals surface area contributed by atoms with E-state index in [1.54, 1.807) is 18.2 Å². The Hall–Kier alpha value is -3.13. The Labute approximate surface area is 152 Å². The van der Waals surface area contributed by atoms with Gasteiger partial charge in [-0.3, -0.25) is 9.63 Å². The first kappa shape index (κ1) is 17.3. The van der Waals surface area contributed by atoms with Crippen LogP contribution in [0.3, 0.4) is 0 Å². The summed E-state index contributed by atoms with van der Waals surface area (Å²) in [5.74, 6) is -0.646. The number of aromatic nitrogens is 2. The molecule has 1 aliphatic rings. The fourth-order valence-corrected chi connectivity index (χ4v) is 2.91. The SMILES string of the molecule is O=C1c2cc(-c3ccc(F)cc3)ccc2CN1OCc1ccn(C(F)F)n1. The van der Waals surface area contributed by atoms with Crippen LogP contribution < -0.4 is 0 Å². The molecule has 0 saturated carbocycles. The Morgan fingerprint density at radius 1 is 1.07 bits per heavy atom. The highest BCUT2D eigenvalue weighted by Gasteiger charge is 2.29. The van der Waals surface area contributed by atoms with Gasteiger partial charge in [-0.15, -0.1) is 0 Å². The second kappa shape index (κ2) is 6.88. The standard InChI is InChI=1S/C19H14F3N3O2/c20-15-5-3-12(4-6-15)13-1-2-14-10-25(18(26)17(14)9-13)27-11-16-7-8-24(23-16)19(21)22/h1-9,19H,10-11H2. The van der Waals surface area contributed by atoms with Crippen molar-refractivity contribution in [1.82, 2.24) is 14.8 Å². The molecule has 27 heavy (non-hydrogen) atoms. The van der Waals surface area contributed by atoms with E-state index in [0.717, 1.165) is 22.9 Å². The Morgan fingerprint density at radius 2 is 1.81 bits per heavy atom. The van der Waals surface area contributed by atoms with Crippen molar-refractivity contribution in [3.05, 3.63) is 77.4 Å². The molecule has 0 radical (unpaired) electrons. The van der Waals surface area contributed by atoms with Crippen molar-refractivity contribution in [2.45, 2.75) is 19.7 Å². The van der Waals surface area contributed by atoms with Crippen LogP contribution in [0, 0.1) is 5.82 Å². The number of alkyl halides is 2. The van der Waals surface area contributed by atoms with Crippen LogP contribution >= 0.6 is 0 Å². The number of halogens is 3. The minimum atomic E-state index is -2.72. The molecule has 0 bridgehead atoms. The van der Waals surface area contributed by atoms with E-state index in [1.165, 1.54) is 23.3 Å². The summed E-state index contributed by atoms with van der Waals surface area (Å²) in [4.78, 5) is 18.0. The quantitative estimate of drug-likeness (QED) is 0.674. The summed E-state index contributed by atoms with van der Waals surface area (Å²) < 4.78 is 38.7. The lowest BCUT2D eigenvalue weighted by Gasteiger charge is -2.14. The number of carbonyl (C=O) groups is 1. The monoisotopic (exact) mass is 373 g/mol. The molecule has 4 rings (SSSR count). The molecule has 0 atom stereocenters. The van der Waals surface area contributed by atoms with Gasteiger partial charge in [0, 0.05) is 11.8 Å². The molecular formula is C19H14F3N3O2. The highest BCUT2D eigenvalue weighted by atomic mass is 19.3. The third-order valence-corrected chi connectivity index (χ3v) is 4.29. The van der Waals surface area contributed by atoms with Gasteiger partial charge in [0.15, 0.2) is 0 Å². The number of benzene rings is 2. The molecule has 1 aliphatic heterocycles. The van der Waals surface area contributed by atoms with Crippen LogP contribution in [0.5, 0.6) is 0 Å². The first-order valence-electron chi connectivity index (χ1n) is 8.17. The molecule has 8 heteroatoms. The van der Waals surface area contributed by atoms with Gasteiger partial charge in [0.1, 0.15) is 12.4 Å². The van der Waals surface area contributed by atoms with Crippen LogP contribution in [0.1, 0.15) is 28.2 Å². The zero-order valence-electron chi connectivity index (χ0n) is 14.0. The van der Waals surface area contributed by atoms with Gasteiger partial charge in [-0.2, -0.15) is 13.9 Å². The maximum Gasteiger partial charge on any atom is 0.333 e. The van der Waals surface area contributed by atoms with Crippen molar-refractivity contribution in [2.24, 2.45) is 0 Å².